The van der Waals surface area contributed by atoms with E-state index in [1.807, 2.05) is 0 Å². The molecule has 29 heavy (non-hydrogen) atoms. The van der Waals surface area contributed by atoms with Crippen LogP contribution in [-0.4, -0.2) is 23.1 Å². The van der Waals surface area contributed by atoms with E-state index in [-0.39, 0.29) is 5.91 Å². The number of carbonyl (C=O) groups excluding carboxylic acids is 1. The summed E-state index contributed by atoms with van der Waals surface area (Å²) in [5.41, 5.74) is 1.90. The molecule has 5 aromatic carbocycles. The lowest BCUT2D eigenvalue weighted by atomic mass is 9.80. The van der Waals surface area contributed by atoms with Crippen molar-refractivity contribution < 1.29 is 14.8 Å². The summed E-state index contributed by atoms with van der Waals surface area (Å²) in [6.45, 7) is 0.414. The van der Waals surface area contributed by atoms with E-state index in [4.69, 9.17) is 0 Å². The summed E-state index contributed by atoms with van der Waals surface area (Å²) in [6, 6.07) is 25.3. The molecule has 0 fully saturated rings. The van der Waals surface area contributed by atoms with Crippen LogP contribution >= 0.6 is 0 Å². The molecule has 0 aromatic heterocycles. The van der Waals surface area contributed by atoms with E-state index in [0.717, 1.165) is 10.9 Å². The lowest BCUT2D eigenvalue weighted by molar-refractivity contribution is 0.0951. The number of carbonyl (C=O) groups is 1. The van der Waals surface area contributed by atoms with Gasteiger partial charge in [-0.2, -0.15) is 0 Å². The molecule has 0 saturated carbocycles. The fourth-order valence-corrected chi connectivity index (χ4v) is 4.03. The Bertz CT molecular complexity index is 1330. The number of hydrogen-bond donors (Lipinski definition) is 3. The second-order valence-corrected chi connectivity index (χ2v) is 7.26. The minimum Gasteiger partial charge on any atom is -0.423 e. The maximum absolute atomic E-state index is 12.5. The molecule has 0 aliphatic rings. The van der Waals surface area contributed by atoms with Crippen LogP contribution < -0.4 is 10.8 Å². The summed E-state index contributed by atoms with van der Waals surface area (Å²) in [4.78, 5) is 12.5. The van der Waals surface area contributed by atoms with Crippen LogP contribution in [0.3, 0.4) is 0 Å². The number of benzene rings is 5. The zero-order valence-electron chi connectivity index (χ0n) is 15.6. The average molecular weight is 379 g/mol. The third-order valence-electron chi connectivity index (χ3n) is 5.53. The Morgan fingerprint density at radius 3 is 2.07 bits per heavy atom. The molecule has 0 heterocycles. The van der Waals surface area contributed by atoms with Gasteiger partial charge in [0.2, 0.25) is 0 Å². The van der Waals surface area contributed by atoms with Crippen molar-refractivity contribution in [2.45, 2.75) is 6.54 Å². The average Bonchev–Trinajstić information content (AvgIpc) is 2.76. The van der Waals surface area contributed by atoms with Gasteiger partial charge in [-0.3, -0.25) is 4.79 Å². The molecule has 0 saturated heterocycles. The summed E-state index contributed by atoms with van der Waals surface area (Å²) < 4.78 is 0. The molecular weight excluding hydrogens is 361 g/mol. The quantitative estimate of drug-likeness (QED) is 0.332. The molecule has 0 atom stereocenters. The molecule has 0 unspecified atom stereocenters. The molecule has 3 N–H and O–H groups in total. The number of rotatable bonds is 4. The Morgan fingerprint density at radius 1 is 0.759 bits per heavy atom. The van der Waals surface area contributed by atoms with Crippen LogP contribution in [0.5, 0.6) is 0 Å². The van der Waals surface area contributed by atoms with E-state index in [2.05, 4.69) is 59.9 Å². The molecule has 0 spiro atoms. The lowest BCUT2D eigenvalue weighted by Gasteiger charge is -2.14. The standard InChI is InChI=1S/C24H18BNO3/c27-24(18-8-11-20(12-9-18)25(28)29)26-14-19-7-6-17-5-4-15-2-1-3-16-10-13-21(19)23(17)22(15)16/h1-13,28-29H,14H2,(H,26,27). The molecule has 5 heteroatoms. The van der Waals surface area contributed by atoms with Crippen LogP contribution in [0.25, 0.3) is 32.3 Å². The smallest absolute Gasteiger partial charge is 0.423 e. The van der Waals surface area contributed by atoms with Crippen molar-refractivity contribution in [2.75, 3.05) is 0 Å². The summed E-state index contributed by atoms with van der Waals surface area (Å²) >= 11 is 0. The highest BCUT2D eigenvalue weighted by atomic mass is 16.4. The number of nitrogens with one attached hydrogen (secondary N) is 1. The topological polar surface area (TPSA) is 69.6 Å². The van der Waals surface area contributed by atoms with Crippen molar-refractivity contribution >= 4 is 50.8 Å². The van der Waals surface area contributed by atoms with Crippen molar-refractivity contribution in [3.8, 4) is 0 Å². The van der Waals surface area contributed by atoms with Gasteiger partial charge in [0.15, 0.2) is 0 Å². The zero-order chi connectivity index (χ0) is 20.0. The van der Waals surface area contributed by atoms with Gasteiger partial charge in [0.25, 0.3) is 5.91 Å². The Hall–Kier alpha value is -3.41. The van der Waals surface area contributed by atoms with Crippen LogP contribution in [0.15, 0.2) is 78.9 Å². The van der Waals surface area contributed by atoms with Crippen molar-refractivity contribution in [1.29, 1.82) is 0 Å². The molecule has 0 bridgehead atoms. The fraction of sp³-hybridized carbons (Fsp3) is 0.0417. The fourth-order valence-electron chi connectivity index (χ4n) is 4.03. The van der Waals surface area contributed by atoms with Crippen LogP contribution in [0.4, 0.5) is 0 Å². The van der Waals surface area contributed by atoms with Crippen LogP contribution in [0.1, 0.15) is 15.9 Å². The predicted octanol–water partition coefficient (Wildman–Crippen LogP) is 3.19. The van der Waals surface area contributed by atoms with Gasteiger partial charge in [-0.1, -0.05) is 66.7 Å². The largest absolute Gasteiger partial charge is 0.488 e. The molecule has 5 rings (SSSR count). The summed E-state index contributed by atoms with van der Waals surface area (Å²) in [6.07, 6.45) is 0. The van der Waals surface area contributed by atoms with Gasteiger partial charge in [0, 0.05) is 12.1 Å². The Balaban J connectivity index is 1.48. The van der Waals surface area contributed by atoms with Crippen LogP contribution in [0.2, 0.25) is 0 Å². The van der Waals surface area contributed by atoms with Gasteiger partial charge in [0.05, 0.1) is 0 Å². The van der Waals surface area contributed by atoms with Crippen LogP contribution in [-0.2, 0) is 6.54 Å². The van der Waals surface area contributed by atoms with E-state index < -0.39 is 7.12 Å². The first-order valence-electron chi connectivity index (χ1n) is 9.51. The normalized spacial score (nSPS) is 11.4. The Labute approximate surface area is 167 Å². The zero-order valence-corrected chi connectivity index (χ0v) is 15.6. The minimum atomic E-state index is -1.54. The van der Waals surface area contributed by atoms with Gasteiger partial charge >= 0.3 is 7.12 Å². The third-order valence-corrected chi connectivity index (χ3v) is 5.53. The monoisotopic (exact) mass is 379 g/mol. The molecule has 1 amide bonds. The van der Waals surface area contributed by atoms with Crippen molar-refractivity contribution in [2.24, 2.45) is 0 Å². The van der Waals surface area contributed by atoms with Crippen LogP contribution in [0, 0.1) is 0 Å². The number of amides is 1. The third kappa shape index (κ3) is 3.01. The predicted molar refractivity (Wildman–Crippen MR) is 118 cm³/mol. The Kier molecular flexibility index (Phi) is 4.20. The first kappa shape index (κ1) is 17.7. The molecule has 140 valence electrons. The van der Waals surface area contributed by atoms with E-state index in [0.29, 0.717) is 17.6 Å². The highest BCUT2D eigenvalue weighted by molar-refractivity contribution is 6.58. The Morgan fingerprint density at radius 2 is 1.38 bits per heavy atom. The number of hydrogen-bond acceptors (Lipinski definition) is 3. The maximum Gasteiger partial charge on any atom is 0.488 e. The van der Waals surface area contributed by atoms with Gasteiger partial charge in [-0.25, -0.2) is 0 Å². The van der Waals surface area contributed by atoms with Crippen molar-refractivity contribution in [3.63, 3.8) is 0 Å². The second-order valence-electron chi connectivity index (χ2n) is 7.26. The maximum atomic E-state index is 12.5. The SMILES string of the molecule is O=C(NCc1ccc2ccc3cccc4ccc1c2c34)c1ccc(B(O)O)cc1. The molecule has 0 aliphatic heterocycles. The molecule has 0 aliphatic carbocycles. The summed E-state index contributed by atoms with van der Waals surface area (Å²) in [7, 11) is -1.54. The molecule has 4 nitrogen and oxygen atoms in total. The van der Waals surface area contributed by atoms with Gasteiger partial charge in [-0.05, 0) is 55.5 Å². The van der Waals surface area contributed by atoms with E-state index in [1.165, 1.54) is 39.1 Å². The minimum absolute atomic E-state index is 0.199. The molecular formula is C24H18BNO3. The molecule has 0 radical (unpaired) electrons. The highest BCUT2D eigenvalue weighted by Gasteiger charge is 2.14. The van der Waals surface area contributed by atoms with Crippen molar-refractivity contribution in [1.82, 2.24) is 5.32 Å². The van der Waals surface area contributed by atoms with Gasteiger partial charge < -0.3 is 15.4 Å². The summed E-state index contributed by atoms with van der Waals surface area (Å²) in [5.74, 6) is -0.199. The van der Waals surface area contributed by atoms with E-state index >= 15 is 0 Å². The summed E-state index contributed by atoms with van der Waals surface area (Å²) in [5, 5.41) is 28.6. The highest BCUT2D eigenvalue weighted by Crippen LogP contribution is 2.35. The van der Waals surface area contributed by atoms with Crippen molar-refractivity contribution in [3.05, 3.63) is 90.0 Å². The lowest BCUT2D eigenvalue weighted by Crippen LogP contribution is -2.30. The molecule has 5 aromatic rings. The first-order valence-corrected chi connectivity index (χ1v) is 9.51. The van der Waals surface area contributed by atoms with Gasteiger partial charge in [0.1, 0.15) is 0 Å². The first-order chi connectivity index (χ1) is 14.1. The van der Waals surface area contributed by atoms with E-state index in [9.17, 15) is 14.8 Å². The second kappa shape index (κ2) is 6.89. The van der Waals surface area contributed by atoms with Gasteiger partial charge in [-0.15, -0.1) is 0 Å². The van der Waals surface area contributed by atoms with E-state index in [1.54, 1.807) is 12.1 Å².